The summed E-state index contributed by atoms with van der Waals surface area (Å²) in [5.74, 6) is 1.77. The molecule has 0 N–H and O–H groups in total. The molecule has 0 bridgehead atoms. The Morgan fingerprint density at radius 2 is 1.89 bits per heavy atom. The Hall–Kier alpha value is -4.07. The first kappa shape index (κ1) is 22.7. The van der Waals surface area contributed by atoms with Gasteiger partial charge in [0.15, 0.2) is 5.82 Å². The molecule has 0 radical (unpaired) electrons. The van der Waals surface area contributed by atoms with E-state index in [1.165, 1.54) is 0 Å². The molecule has 178 valence electrons. The maximum absolute atomic E-state index is 13.7. The van der Waals surface area contributed by atoms with Crippen molar-refractivity contribution in [3.8, 4) is 22.9 Å². The lowest BCUT2D eigenvalue weighted by Crippen LogP contribution is -2.39. The maximum atomic E-state index is 13.7. The van der Waals surface area contributed by atoms with Crippen LogP contribution in [0.5, 0.6) is 11.6 Å². The van der Waals surface area contributed by atoms with Gasteiger partial charge in [-0.25, -0.2) is 4.98 Å². The Balaban J connectivity index is 1.42. The van der Waals surface area contributed by atoms with Crippen LogP contribution in [0.25, 0.3) is 11.3 Å². The van der Waals surface area contributed by atoms with Crippen molar-refractivity contribution < 1.29 is 9.53 Å². The molecule has 1 aliphatic rings. The molecule has 3 aromatic heterocycles. The number of pyridine rings is 1. The van der Waals surface area contributed by atoms with Crippen LogP contribution in [-0.4, -0.2) is 42.1 Å². The van der Waals surface area contributed by atoms with Gasteiger partial charge >= 0.3 is 0 Å². The third kappa shape index (κ3) is 5.06. The summed E-state index contributed by atoms with van der Waals surface area (Å²) in [4.78, 5) is 29.4. The first-order chi connectivity index (χ1) is 17.0. The zero-order valence-corrected chi connectivity index (χ0v) is 20.2. The van der Waals surface area contributed by atoms with Crippen LogP contribution in [0.4, 0.5) is 0 Å². The lowest BCUT2D eigenvalue weighted by molar-refractivity contribution is 0.0598. The standard InChI is InChI=1S/C27H28N6O2/c1-18-7-9-22(10-8-18)35-25-14-19(2)30-26(31-25)24-6-4-5-13-33(24)27(34)20-11-12-28-23(15-20)21-16-29-32(3)17-21/h7-12,14-17,24H,4-6,13H2,1-3H3/t24-/m0/s1. The molecule has 5 rings (SSSR count). The number of carbonyl (C=O) groups is 1. The first-order valence-corrected chi connectivity index (χ1v) is 11.8. The van der Waals surface area contributed by atoms with Crippen LogP contribution in [0.15, 0.2) is 61.1 Å². The van der Waals surface area contributed by atoms with Crippen molar-refractivity contribution in [3.05, 3.63) is 83.7 Å². The number of piperidine rings is 1. The first-order valence-electron chi connectivity index (χ1n) is 11.8. The molecule has 0 unspecified atom stereocenters. The summed E-state index contributed by atoms with van der Waals surface area (Å²) < 4.78 is 7.74. The summed E-state index contributed by atoms with van der Waals surface area (Å²) in [7, 11) is 1.86. The summed E-state index contributed by atoms with van der Waals surface area (Å²) in [6.45, 7) is 4.61. The minimum Gasteiger partial charge on any atom is -0.439 e. The zero-order valence-electron chi connectivity index (χ0n) is 20.2. The number of hydrogen-bond donors (Lipinski definition) is 0. The molecule has 1 fully saturated rings. The topological polar surface area (TPSA) is 86.0 Å². The second-order valence-electron chi connectivity index (χ2n) is 8.96. The molecule has 8 heteroatoms. The molecule has 0 saturated carbocycles. The van der Waals surface area contributed by atoms with E-state index in [0.717, 1.165) is 47.5 Å². The monoisotopic (exact) mass is 468 g/mol. The van der Waals surface area contributed by atoms with Gasteiger partial charge in [0.05, 0.1) is 17.9 Å². The summed E-state index contributed by atoms with van der Waals surface area (Å²) >= 11 is 0. The Morgan fingerprint density at radius 3 is 2.66 bits per heavy atom. The Bertz CT molecular complexity index is 1350. The fraction of sp³-hybridized carbons (Fsp3) is 0.296. The van der Waals surface area contributed by atoms with Crippen LogP contribution in [-0.2, 0) is 7.05 Å². The number of aryl methyl sites for hydroxylation is 3. The van der Waals surface area contributed by atoms with E-state index in [-0.39, 0.29) is 11.9 Å². The molecule has 4 aromatic rings. The second-order valence-corrected chi connectivity index (χ2v) is 8.96. The van der Waals surface area contributed by atoms with Crippen molar-refractivity contribution in [2.24, 2.45) is 7.05 Å². The van der Waals surface area contributed by atoms with Crippen molar-refractivity contribution in [1.82, 2.24) is 29.6 Å². The van der Waals surface area contributed by atoms with Gasteiger partial charge in [-0.2, -0.15) is 10.1 Å². The molecule has 8 nitrogen and oxygen atoms in total. The van der Waals surface area contributed by atoms with E-state index in [2.05, 4.69) is 10.1 Å². The van der Waals surface area contributed by atoms with Gasteiger partial charge in [-0.1, -0.05) is 17.7 Å². The fourth-order valence-electron chi connectivity index (χ4n) is 4.37. The molecule has 1 saturated heterocycles. The lowest BCUT2D eigenvalue weighted by Gasteiger charge is -2.35. The highest BCUT2D eigenvalue weighted by Gasteiger charge is 2.31. The van der Waals surface area contributed by atoms with Gasteiger partial charge in [-0.15, -0.1) is 0 Å². The summed E-state index contributed by atoms with van der Waals surface area (Å²) in [5, 5.41) is 4.21. The Kier molecular flexibility index (Phi) is 6.27. The molecule has 0 spiro atoms. The summed E-state index contributed by atoms with van der Waals surface area (Å²) in [6.07, 6.45) is 8.07. The van der Waals surface area contributed by atoms with Gasteiger partial charge < -0.3 is 9.64 Å². The minimum absolute atomic E-state index is 0.0478. The van der Waals surface area contributed by atoms with Crippen LogP contribution in [0.2, 0.25) is 0 Å². The van der Waals surface area contributed by atoms with Crippen molar-refractivity contribution >= 4 is 5.91 Å². The molecule has 4 heterocycles. The van der Waals surface area contributed by atoms with Gasteiger partial charge in [0.1, 0.15) is 5.75 Å². The van der Waals surface area contributed by atoms with Crippen LogP contribution >= 0.6 is 0 Å². The zero-order chi connectivity index (χ0) is 24.4. The molecule has 1 aliphatic heterocycles. The van der Waals surface area contributed by atoms with Crippen molar-refractivity contribution in [2.45, 2.75) is 39.2 Å². The molecule has 1 atom stereocenters. The fourth-order valence-corrected chi connectivity index (χ4v) is 4.37. The Labute approximate surface area is 204 Å². The van der Waals surface area contributed by atoms with Crippen LogP contribution < -0.4 is 4.74 Å². The highest BCUT2D eigenvalue weighted by molar-refractivity contribution is 5.95. The van der Waals surface area contributed by atoms with Gasteiger partial charge in [-0.05, 0) is 57.4 Å². The number of benzene rings is 1. The largest absolute Gasteiger partial charge is 0.439 e. The van der Waals surface area contributed by atoms with E-state index in [4.69, 9.17) is 14.7 Å². The third-order valence-corrected chi connectivity index (χ3v) is 6.16. The number of nitrogens with zero attached hydrogens (tertiary/aromatic N) is 6. The number of amides is 1. The molecule has 1 aromatic carbocycles. The lowest BCUT2D eigenvalue weighted by atomic mass is 9.99. The van der Waals surface area contributed by atoms with E-state index < -0.39 is 0 Å². The molecule has 0 aliphatic carbocycles. The molecule has 1 amide bonds. The van der Waals surface area contributed by atoms with Crippen LogP contribution in [0.1, 0.15) is 52.7 Å². The quantitative estimate of drug-likeness (QED) is 0.407. The number of carbonyl (C=O) groups excluding carboxylic acids is 1. The normalized spacial score (nSPS) is 15.7. The van der Waals surface area contributed by atoms with Gasteiger partial charge in [0.2, 0.25) is 5.88 Å². The third-order valence-electron chi connectivity index (χ3n) is 6.16. The molecular weight excluding hydrogens is 440 g/mol. The maximum Gasteiger partial charge on any atom is 0.254 e. The van der Waals surface area contributed by atoms with E-state index >= 15 is 0 Å². The number of likely N-dealkylation sites (tertiary alicyclic amines) is 1. The van der Waals surface area contributed by atoms with Crippen molar-refractivity contribution in [2.75, 3.05) is 6.54 Å². The number of hydrogen-bond acceptors (Lipinski definition) is 6. The average Bonchev–Trinajstić information content (AvgIpc) is 3.31. The predicted molar refractivity (Wildman–Crippen MR) is 132 cm³/mol. The van der Waals surface area contributed by atoms with Crippen LogP contribution in [0.3, 0.4) is 0 Å². The SMILES string of the molecule is Cc1ccc(Oc2cc(C)nc([C@@H]3CCCCN3C(=O)c3ccnc(-c4cnn(C)c4)c3)n2)cc1. The van der Waals surface area contributed by atoms with Gasteiger partial charge in [0, 0.05) is 48.9 Å². The highest BCUT2D eigenvalue weighted by atomic mass is 16.5. The predicted octanol–water partition coefficient (Wildman–Crippen LogP) is 5.05. The summed E-state index contributed by atoms with van der Waals surface area (Å²) in [5.41, 5.74) is 4.15. The van der Waals surface area contributed by atoms with E-state index in [1.807, 2.05) is 68.4 Å². The number of rotatable bonds is 5. The van der Waals surface area contributed by atoms with E-state index in [9.17, 15) is 4.79 Å². The number of ether oxygens (including phenoxy) is 1. The molecule has 35 heavy (non-hydrogen) atoms. The smallest absolute Gasteiger partial charge is 0.254 e. The highest BCUT2D eigenvalue weighted by Crippen LogP contribution is 2.32. The minimum atomic E-state index is -0.216. The molecular formula is C27H28N6O2. The van der Waals surface area contributed by atoms with Crippen LogP contribution in [0, 0.1) is 13.8 Å². The summed E-state index contributed by atoms with van der Waals surface area (Å²) in [6, 6.07) is 13.0. The van der Waals surface area contributed by atoms with Gasteiger partial charge in [-0.3, -0.25) is 14.5 Å². The van der Waals surface area contributed by atoms with E-state index in [1.54, 1.807) is 23.1 Å². The Morgan fingerprint density at radius 1 is 1.06 bits per heavy atom. The average molecular weight is 469 g/mol. The number of aromatic nitrogens is 5. The van der Waals surface area contributed by atoms with Gasteiger partial charge in [0.25, 0.3) is 5.91 Å². The van der Waals surface area contributed by atoms with Crippen molar-refractivity contribution in [1.29, 1.82) is 0 Å². The van der Waals surface area contributed by atoms with Crippen molar-refractivity contribution in [3.63, 3.8) is 0 Å². The second kappa shape index (κ2) is 9.66. The van der Waals surface area contributed by atoms with E-state index in [0.29, 0.717) is 23.8 Å².